The maximum atomic E-state index is 12.3. The predicted molar refractivity (Wildman–Crippen MR) is 87.6 cm³/mol. The lowest BCUT2D eigenvalue weighted by Gasteiger charge is -2.12. The quantitative estimate of drug-likeness (QED) is 0.881. The van der Waals surface area contributed by atoms with Crippen molar-refractivity contribution in [1.82, 2.24) is 4.98 Å². The van der Waals surface area contributed by atoms with Crippen LogP contribution in [0.3, 0.4) is 0 Å². The topological polar surface area (TPSA) is 60.5 Å². The highest BCUT2D eigenvalue weighted by Crippen LogP contribution is 2.58. The minimum atomic E-state index is -0.415. The monoisotopic (exact) mass is 308 g/mol. The van der Waals surface area contributed by atoms with Gasteiger partial charge in [-0.1, -0.05) is 18.2 Å². The van der Waals surface area contributed by atoms with Crippen molar-refractivity contribution in [2.24, 2.45) is 0 Å². The van der Waals surface area contributed by atoms with E-state index in [2.05, 4.69) is 24.1 Å². The van der Waals surface area contributed by atoms with Gasteiger partial charge in [0.05, 0.1) is 11.2 Å². The van der Waals surface area contributed by atoms with Crippen molar-refractivity contribution in [2.75, 3.05) is 5.32 Å². The maximum Gasteiger partial charge on any atom is 0.494 e. The zero-order valence-electron chi connectivity index (χ0n) is 13.1. The molecule has 5 nitrogen and oxygen atoms in total. The molecule has 116 valence electrons. The van der Waals surface area contributed by atoms with Gasteiger partial charge in [-0.05, 0) is 43.6 Å². The molecule has 2 unspecified atom stereocenters. The van der Waals surface area contributed by atoms with Crippen molar-refractivity contribution in [3.8, 4) is 0 Å². The van der Waals surface area contributed by atoms with E-state index in [0.29, 0.717) is 11.4 Å². The van der Waals surface area contributed by atoms with Crippen LogP contribution >= 0.6 is 0 Å². The number of pyridine rings is 1. The number of carbonyl (C=O) groups excluding carboxylic acids is 1. The number of carbonyl (C=O) groups is 1. The Labute approximate surface area is 135 Å². The van der Waals surface area contributed by atoms with Gasteiger partial charge in [-0.2, -0.15) is 0 Å². The smallest absolute Gasteiger partial charge is 0.399 e. The number of nitrogens with zero attached hydrogens (tertiary/aromatic N) is 1. The summed E-state index contributed by atoms with van der Waals surface area (Å²) < 4.78 is 12.0. The molecule has 4 rings (SSSR count). The van der Waals surface area contributed by atoms with Gasteiger partial charge < -0.3 is 14.6 Å². The number of nitrogens with one attached hydrogen (secondary N) is 1. The molecule has 1 aromatic carbocycles. The fraction of sp³-hybridized carbons (Fsp3) is 0.294. The second kappa shape index (κ2) is 4.91. The van der Waals surface area contributed by atoms with E-state index in [4.69, 9.17) is 9.31 Å². The van der Waals surface area contributed by atoms with Gasteiger partial charge in [0.25, 0.3) is 5.91 Å². The molecule has 2 aromatic rings. The van der Waals surface area contributed by atoms with Crippen LogP contribution in [0.15, 0.2) is 48.7 Å². The largest absolute Gasteiger partial charge is 0.494 e. The van der Waals surface area contributed by atoms with Gasteiger partial charge in [-0.15, -0.1) is 0 Å². The predicted octanol–water partition coefficient (Wildman–Crippen LogP) is 2.00. The molecule has 1 saturated heterocycles. The molecule has 1 amide bonds. The molecule has 0 spiro atoms. The van der Waals surface area contributed by atoms with Gasteiger partial charge in [0.1, 0.15) is 5.82 Å². The van der Waals surface area contributed by atoms with Crippen molar-refractivity contribution in [2.45, 2.75) is 31.5 Å². The Hall–Kier alpha value is -2.18. The highest BCUT2D eigenvalue weighted by atomic mass is 16.7. The molecular weight excluding hydrogens is 291 g/mol. The van der Waals surface area contributed by atoms with Crippen LogP contribution in [0.4, 0.5) is 5.82 Å². The first kappa shape index (κ1) is 14.4. The summed E-state index contributed by atoms with van der Waals surface area (Å²) in [5.41, 5.74) is 0.998. The van der Waals surface area contributed by atoms with E-state index in [-0.39, 0.29) is 17.1 Å². The van der Waals surface area contributed by atoms with Crippen LogP contribution in [0, 0.1) is 0 Å². The lowest BCUT2D eigenvalue weighted by molar-refractivity contribution is 0.102. The average molecular weight is 308 g/mol. The highest BCUT2D eigenvalue weighted by Gasteiger charge is 2.71. The fourth-order valence-corrected chi connectivity index (χ4v) is 3.02. The number of benzene rings is 1. The summed E-state index contributed by atoms with van der Waals surface area (Å²) in [5.74, 6) is 0.323. The summed E-state index contributed by atoms with van der Waals surface area (Å²) >= 11 is 0. The minimum absolute atomic E-state index is 0.203. The first-order chi connectivity index (χ1) is 11.0. The maximum absolute atomic E-state index is 12.3. The first-order valence-corrected chi connectivity index (χ1v) is 7.67. The SMILES string of the molecule is CC12CC1(C)OB(c1cccc(C(=O)Nc3ccccn3)c1)O2. The zero-order valence-corrected chi connectivity index (χ0v) is 13.1. The fourth-order valence-electron chi connectivity index (χ4n) is 3.02. The highest BCUT2D eigenvalue weighted by molar-refractivity contribution is 6.62. The van der Waals surface area contributed by atoms with E-state index in [9.17, 15) is 4.79 Å². The number of aromatic nitrogens is 1. The second-order valence-electron chi connectivity index (χ2n) is 6.50. The number of amides is 1. The Balaban J connectivity index is 1.52. The third kappa shape index (κ3) is 2.44. The normalized spacial score (nSPS) is 28.3. The van der Waals surface area contributed by atoms with Gasteiger partial charge in [-0.25, -0.2) is 4.98 Å². The summed E-state index contributed by atoms with van der Waals surface area (Å²) in [4.78, 5) is 16.4. The third-order valence-corrected chi connectivity index (χ3v) is 4.73. The molecule has 0 bridgehead atoms. The number of rotatable bonds is 3. The summed E-state index contributed by atoms with van der Waals surface area (Å²) in [7, 11) is -0.415. The minimum Gasteiger partial charge on any atom is -0.399 e. The van der Waals surface area contributed by atoms with Crippen molar-refractivity contribution in [3.63, 3.8) is 0 Å². The standard InChI is InChI=1S/C17H17BN2O3/c1-16-11-17(16,2)23-18(22-16)13-7-5-6-12(10-13)15(21)20-14-8-3-4-9-19-14/h3-10H,11H2,1-2H3,(H,19,20,21). The Morgan fingerprint density at radius 1 is 1.17 bits per heavy atom. The van der Waals surface area contributed by atoms with Gasteiger partial charge in [0, 0.05) is 18.2 Å². The van der Waals surface area contributed by atoms with E-state index < -0.39 is 7.12 Å². The Morgan fingerprint density at radius 3 is 2.65 bits per heavy atom. The molecule has 2 aliphatic rings. The van der Waals surface area contributed by atoms with Gasteiger partial charge in [-0.3, -0.25) is 4.79 Å². The van der Waals surface area contributed by atoms with E-state index in [1.54, 1.807) is 30.5 Å². The summed E-state index contributed by atoms with van der Waals surface area (Å²) in [6, 6.07) is 12.7. The van der Waals surface area contributed by atoms with Crippen LogP contribution in [0.5, 0.6) is 0 Å². The number of fused-ring (bicyclic) bond motifs is 1. The lowest BCUT2D eigenvalue weighted by atomic mass is 9.78. The van der Waals surface area contributed by atoms with E-state index in [1.165, 1.54) is 0 Å². The molecule has 1 N–H and O–H groups in total. The van der Waals surface area contributed by atoms with Gasteiger partial charge in [0.15, 0.2) is 0 Å². The van der Waals surface area contributed by atoms with Gasteiger partial charge in [0.2, 0.25) is 0 Å². The third-order valence-electron chi connectivity index (χ3n) is 4.73. The molecule has 2 fully saturated rings. The van der Waals surface area contributed by atoms with Gasteiger partial charge >= 0.3 is 7.12 Å². The first-order valence-electron chi connectivity index (χ1n) is 7.67. The van der Waals surface area contributed by atoms with E-state index in [1.807, 2.05) is 18.2 Å². The molecule has 2 heterocycles. The van der Waals surface area contributed by atoms with Crippen molar-refractivity contribution in [1.29, 1.82) is 0 Å². The Bertz CT molecular complexity index is 753. The van der Waals surface area contributed by atoms with E-state index in [0.717, 1.165) is 11.9 Å². The molecule has 1 aliphatic carbocycles. The number of anilines is 1. The molecule has 1 saturated carbocycles. The summed E-state index contributed by atoms with van der Waals surface area (Å²) in [6.45, 7) is 4.12. The molecule has 1 aliphatic heterocycles. The van der Waals surface area contributed by atoms with Crippen LogP contribution in [0.1, 0.15) is 30.6 Å². The molecular formula is C17H17BN2O3. The molecule has 23 heavy (non-hydrogen) atoms. The molecule has 1 aromatic heterocycles. The molecule has 2 atom stereocenters. The lowest BCUT2D eigenvalue weighted by Crippen LogP contribution is -2.36. The Kier molecular flexibility index (Phi) is 3.08. The number of hydrogen-bond donors (Lipinski definition) is 1. The van der Waals surface area contributed by atoms with Crippen molar-refractivity contribution < 1.29 is 14.1 Å². The second-order valence-corrected chi connectivity index (χ2v) is 6.50. The van der Waals surface area contributed by atoms with Crippen LogP contribution in [0.25, 0.3) is 0 Å². The van der Waals surface area contributed by atoms with Crippen molar-refractivity contribution in [3.05, 3.63) is 54.2 Å². The van der Waals surface area contributed by atoms with Crippen LogP contribution < -0.4 is 10.8 Å². The average Bonchev–Trinajstić information content (AvgIpc) is 2.97. The summed E-state index contributed by atoms with van der Waals surface area (Å²) in [5, 5.41) is 2.78. The van der Waals surface area contributed by atoms with Crippen molar-refractivity contribution >= 4 is 24.3 Å². The van der Waals surface area contributed by atoms with Crippen LogP contribution in [-0.4, -0.2) is 29.2 Å². The van der Waals surface area contributed by atoms with Crippen LogP contribution in [0.2, 0.25) is 0 Å². The Morgan fingerprint density at radius 2 is 1.96 bits per heavy atom. The van der Waals surface area contributed by atoms with E-state index >= 15 is 0 Å². The van der Waals surface area contributed by atoms with Crippen LogP contribution in [-0.2, 0) is 9.31 Å². The summed E-state index contributed by atoms with van der Waals surface area (Å²) in [6.07, 6.45) is 2.55. The zero-order chi connectivity index (χ0) is 16.1. The number of hydrogen-bond acceptors (Lipinski definition) is 4. The molecule has 0 radical (unpaired) electrons. The molecule has 6 heteroatoms.